The summed E-state index contributed by atoms with van der Waals surface area (Å²) in [6.45, 7) is 6.21. The Morgan fingerprint density at radius 1 is 1.10 bits per heavy atom. The van der Waals surface area contributed by atoms with Gasteiger partial charge in [0.25, 0.3) is 5.79 Å². The van der Waals surface area contributed by atoms with Gasteiger partial charge in [0.1, 0.15) is 5.82 Å². The van der Waals surface area contributed by atoms with Crippen LogP contribution in [0.25, 0.3) is 0 Å². The van der Waals surface area contributed by atoms with Crippen LogP contribution in [0.1, 0.15) is 33.3 Å². The monoisotopic (exact) mass is 280 g/mol. The summed E-state index contributed by atoms with van der Waals surface area (Å²) in [5.74, 6) is -4.33. The van der Waals surface area contributed by atoms with E-state index in [1.807, 2.05) is 0 Å². The molecule has 0 saturated carbocycles. The number of carbonyl (C=O) groups is 2. The van der Waals surface area contributed by atoms with Crippen molar-refractivity contribution >= 4 is 11.9 Å². The van der Waals surface area contributed by atoms with Crippen molar-refractivity contribution in [1.29, 1.82) is 0 Å². The fraction of sp³-hybridized carbons (Fsp3) is 0.467. The smallest absolute Gasteiger partial charge is 0.324 e. The Balaban J connectivity index is 2.42. The molecule has 0 N–H and O–H groups in total. The maximum Gasteiger partial charge on any atom is 0.324 e. The molecule has 108 valence electrons. The highest BCUT2D eigenvalue weighted by Gasteiger charge is 2.51. The van der Waals surface area contributed by atoms with Crippen LogP contribution in [0.4, 0.5) is 4.39 Å². The molecule has 4 nitrogen and oxygen atoms in total. The zero-order valence-corrected chi connectivity index (χ0v) is 11.9. The predicted octanol–water partition coefficient (Wildman–Crippen LogP) is 2.56. The lowest BCUT2D eigenvalue weighted by Gasteiger charge is -2.39. The van der Waals surface area contributed by atoms with E-state index >= 15 is 0 Å². The molecule has 0 bridgehead atoms. The second kappa shape index (κ2) is 4.58. The van der Waals surface area contributed by atoms with Gasteiger partial charge in [-0.1, -0.05) is 32.0 Å². The van der Waals surface area contributed by atoms with Gasteiger partial charge < -0.3 is 9.47 Å². The second-order valence-electron chi connectivity index (χ2n) is 5.88. The van der Waals surface area contributed by atoms with Gasteiger partial charge in [0.05, 0.1) is 0 Å². The lowest BCUT2D eigenvalue weighted by Crippen LogP contribution is -2.52. The molecule has 1 aromatic carbocycles. The third kappa shape index (κ3) is 2.40. The molecule has 1 fully saturated rings. The number of halogens is 1. The van der Waals surface area contributed by atoms with Crippen molar-refractivity contribution in [3.8, 4) is 0 Å². The number of cyclic esters (lactones) is 2. The van der Waals surface area contributed by atoms with Gasteiger partial charge in [-0.15, -0.1) is 0 Å². The average Bonchev–Trinajstić information content (AvgIpc) is 2.25. The van der Waals surface area contributed by atoms with Crippen LogP contribution in [0, 0.1) is 11.7 Å². The van der Waals surface area contributed by atoms with E-state index in [1.165, 1.54) is 19.9 Å². The summed E-state index contributed by atoms with van der Waals surface area (Å²) in [6.07, 6.45) is 0. The molecule has 1 aromatic rings. The summed E-state index contributed by atoms with van der Waals surface area (Å²) in [6, 6.07) is 6.05. The number of ether oxygens (including phenoxy) is 2. The molecule has 2 rings (SSSR count). The molecule has 1 heterocycles. The molecular weight excluding hydrogens is 263 g/mol. The summed E-state index contributed by atoms with van der Waals surface area (Å²) in [7, 11) is 0. The first-order valence-corrected chi connectivity index (χ1v) is 6.36. The molecule has 1 aliphatic heterocycles. The van der Waals surface area contributed by atoms with Crippen LogP contribution < -0.4 is 0 Å². The zero-order valence-electron chi connectivity index (χ0n) is 11.9. The van der Waals surface area contributed by atoms with Gasteiger partial charge in [-0.05, 0) is 11.6 Å². The van der Waals surface area contributed by atoms with Gasteiger partial charge >= 0.3 is 11.9 Å². The quantitative estimate of drug-likeness (QED) is 0.617. The molecule has 0 atom stereocenters. The van der Waals surface area contributed by atoms with Crippen molar-refractivity contribution in [1.82, 2.24) is 0 Å². The van der Waals surface area contributed by atoms with E-state index in [9.17, 15) is 14.0 Å². The van der Waals surface area contributed by atoms with Crippen molar-refractivity contribution in [2.24, 2.45) is 5.92 Å². The SMILES string of the molecule is CC1(C)OC(=O)C(C(C)(C)c2ccccc2F)C(=O)O1. The highest BCUT2D eigenvalue weighted by Crippen LogP contribution is 2.38. The molecule has 1 aliphatic rings. The van der Waals surface area contributed by atoms with Crippen molar-refractivity contribution in [2.75, 3.05) is 0 Å². The van der Waals surface area contributed by atoms with Gasteiger partial charge in [-0.2, -0.15) is 0 Å². The van der Waals surface area contributed by atoms with Gasteiger partial charge in [0.15, 0.2) is 5.92 Å². The Kier molecular flexibility index (Phi) is 3.32. The number of rotatable bonds is 2. The molecule has 0 unspecified atom stereocenters. The Morgan fingerprint density at radius 3 is 2.10 bits per heavy atom. The van der Waals surface area contributed by atoms with E-state index in [-0.39, 0.29) is 5.56 Å². The van der Waals surface area contributed by atoms with Gasteiger partial charge in [0, 0.05) is 19.3 Å². The maximum absolute atomic E-state index is 13.9. The molecule has 0 radical (unpaired) electrons. The van der Waals surface area contributed by atoms with Crippen molar-refractivity contribution < 1.29 is 23.5 Å². The zero-order chi connectivity index (χ0) is 15.1. The summed E-state index contributed by atoms with van der Waals surface area (Å²) in [4.78, 5) is 24.2. The molecule has 0 amide bonds. The summed E-state index contributed by atoms with van der Waals surface area (Å²) in [5.41, 5.74) is -0.783. The molecule has 1 saturated heterocycles. The molecule has 20 heavy (non-hydrogen) atoms. The Bertz CT molecular complexity index is 543. The van der Waals surface area contributed by atoms with Crippen molar-refractivity contribution in [3.05, 3.63) is 35.6 Å². The lowest BCUT2D eigenvalue weighted by atomic mass is 9.72. The van der Waals surface area contributed by atoms with Gasteiger partial charge in [-0.3, -0.25) is 9.59 Å². The van der Waals surface area contributed by atoms with Crippen LogP contribution in [0.3, 0.4) is 0 Å². The van der Waals surface area contributed by atoms with Gasteiger partial charge in [-0.25, -0.2) is 4.39 Å². The molecule has 0 spiro atoms. The minimum atomic E-state index is -1.28. The van der Waals surface area contributed by atoms with E-state index in [1.54, 1.807) is 32.0 Å². The molecular formula is C15H17FO4. The molecule has 0 aliphatic carbocycles. The first kappa shape index (κ1) is 14.5. The summed E-state index contributed by atoms with van der Waals surface area (Å²) in [5, 5.41) is 0. The lowest BCUT2D eigenvalue weighted by molar-refractivity contribution is -0.243. The number of carbonyl (C=O) groups excluding carboxylic acids is 2. The highest BCUT2D eigenvalue weighted by molar-refractivity contribution is 5.98. The number of benzene rings is 1. The van der Waals surface area contributed by atoms with Crippen LogP contribution in [-0.4, -0.2) is 17.7 Å². The van der Waals surface area contributed by atoms with E-state index in [4.69, 9.17) is 9.47 Å². The van der Waals surface area contributed by atoms with E-state index in [0.29, 0.717) is 0 Å². The number of hydrogen-bond acceptors (Lipinski definition) is 4. The fourth-order valence-corrected chi connectivity index (χ4v) is 2.45. The van der Waals surface area contributed by atoms with Crippen LogP contribution in [-0.2, 0) is 24.5 Å². The average molecular weight is 280 g/mol. The van der Waals surface area contributed by atoms with Crippen molar-refractivity contribution in [3.63, 3.8) is 0 Å². The minimum absolute atomic E-state index is 0.276. The van der Waals surface area contributed by atoms with E-state index < -0.39 is 34.9 Å². The van der Waals surface area contributed by atoms with Crippen LogP contribution >= 0.6 is 0 Å². The van der Waals surface area contributed by atoms with E-state index in [2.05, 4.69) is 0 Å². The first-order chi connectivity index (χ1) is 9.15. The van der Waals surface area contributed by atoms with Crippen LogP contribution in [0.15, 0.2) is 24.3 Å². The van der Waals surface area contributed by atoms with Crippen molar-refractivity contribution in [2.45, 2.75) is 38.9 Å². The Morgan fingerprint density at radius 2 is 1.60 bits per heavy atom. The Labute approximate surface area is 116 Å². The second-order valence-corrected chi connectivity index (χ2v) is 5.88. The van der Waals surface area contributed by atoms with E-state index in [0.717, 1.165) is 0 Å². The van der Waals surface area contributed by atoms with Crippen LogP contribution in [0.2, 0.25) is 0 Å². The third-order valence-corrected chi connectivity index (χ3v) is 3.45. The molecule has 0 aromatic heterocycles. The molecule has 5 heteroatoms. The normalized spacial score (nSPS) is 19.4. The Hall–Kier alpha value is -1.91. The summed E-state index contributed by atoms with van der Waals surface area (Å²) >= 11 is 0. The highest BCUT2D eigenvalue weighted by atomic mass is 19.1. The first-order valence-electron chi connectivity index (χ1n) is 6.36. The topological polar surface area (TPSA) is 52.6 Å². The maximum atomic E-state index is 13.9. The fourth-order valence-electron chi connectivity index (χ4n) is 2.45. The number of hydrogen-bond donors (Lipinski definition) is 0. The standard InChI is InChI=1S/C15H17FO4/c1-14(2,9-7-5-6-8-10(9)16)11-12(17)19-15(3,4)20-13(11)18/h5-8,11H,1-4H3. The minimum Gasteiger partial charge on any atom is -0.422 e. The largest absolute Gasteiger partial charge is 0.422 e. The predicted molar refractivity (Wildman–Crippen MR) is 69.2 cm³/mol. The third-order valence-electron chi connectivity index (χ3n) is 3.45. The number of esters is 2. The van der Waals surface area contributed by atoms with Crippen LogP contribution in [0.5, 0.6) is 0 Å². The van der Waals surface area contributed by atoms with Gasteiger partial charge in [0.2, 0.25) is 0 Å². The summed E-state index contributed by atoms with van der Waals surface area (Å²) < 4.78 is 24.1.